The summed E-state index contributed by atoms with van der Waals surface area (Å²) < 4.78 is 0. The average Bonchev–Trinajstić information content (AvgIpc) is 0.811. The minimum atomic E-state index is -2.17. The molecule has 3 nitrogen and oxygen atoms in total. The Labute approximate surface area is 152 Å². The van der Waals surface area contributed by atoms with Crippen molar-refractivity contribution < 1.29 is 103 Å². The van der Waals surface area contributed by atoms with Crippen molar-refractivity contribution in [3.05, 3.63) is 0 Å². The summed E-state index contributed by atoms with van der Waals surface area (Å²) in [5.41, 5.74) is 0. The van der Waals surface area contributed by atoms with Gasteiger partial charge in [-0.2, -0.15) is 0 Å². The molecular weight excluding hydrogens is 277 g/mol. The molecule has 0 aromatic carbocycles. The van der Waals surface area contributed by atoms with Crippen molar-refractivity contribution in [2.75, 3.05) is 0 Å². The molecule has 0 saturated carbocycles. The Kier molecular flexibility index (Phi) is 53.2. The van der Waals surface area contributed by atoms with Crippen molar-refractivity contribution in [3.63, 3.8) is 0 Å². The van der Waals surface area contributed by atoms with Crippen molar-refractivity contribution >= 4 is 52.8 Å². The second-order valence-corrected chi connectivity index (χ2v) is 0.346. The summed E-state index contributed by atoms with van der Waals surface area (Å²) >= 11 is 0. The summed E-state index contributed by atoms with van der Waals surface area (Å²) in [7, 11) is -2.17. The van der Waals surface area contributed by atoms with Gasteiger partial charge in [-0.15, -0.1) is 0 Å². The maximum atomic E-state index is 7.17. The van der Waals surface area contributed by atoms with Crippen LogP contribution in [0.5, 0.6) is 0 Å². The molecule has 0 bridgehead atoms. The molecule has 0 spiro atoms. The Hall–Kier alpha value is 4.10. The van der Waals surface area contributed by atoms with Gasteiger partial charge in [-0.1, -0.05) is 0 Å². The van der Waals surface area contributed by atoms with Crippen LogP contribution in [0.2, 0.25) is 0 Å². The van der Waals surface area contributed by atoms with Crippen molar-refractivity contribution in [2.24, 2.45) is 0 Å². The first-order chi connectivity index (χ1) is 1.73. The van der Waals surface area contributed by atoms with Crippen molar-refractivity contribution in [2.45, 2.75) is 0 Å². The second kappa shape index (κ2) is 16.6. The molecule has 0 aliphatic carbocycles. The standard InChI is InChI=1S/BH3O3.Rb.Sc.Sr.3H/c2-1(3)4;;;;;;/h2-4H;;;;;;/q;+1;;+2;3*-1. The van der Waals surface area contributed by atoms with E-state index in [1.54, 1.807) is 0 Å². The van der Waals surface area contributed by atoms with Crippen LogP contribution < -0.4 is 58.2 Å². The van der Waals surface area contributed by atoms with Crippen molar-refractivity contribution in [1.82, 2.24) is 0 Å². The third kappa shape index (κ3) is 39.4. The number of hydrogen-bond donors (Lipinski definition) is 3. The molecule has 0 rings (SSSR count). The summed E-state index contributed by atoms with van der Waals surface area (Å²) in [5.74, 6) is 0. The zero-order valence-electron chi connectivity index (χ0n) is 7.20. The van der Waals surface area contributed by atoms with E-state index in [-0.39, 0.29) is 134 Å². The minimum absolute atomic E-state index is 0. The van der Waals surface area contributed by atoms with Gasteiger partial charge >= 0.3 is 111 Å². The molecule has 0 aliphatic heterocycles. The molecule has 3 N–H and O–H groups in total. The normalized spacial score (nSPS) is 3.86. The Bertz CT molecular complexity index is 28.5. The Balaban J connectivity index is -0.00000000300. The monoisotopic (exact) mass is 283 g/mol. The molecule has 0 heterocycles. The molecular formula is H6BO3RbScSr. The average molecular weight is 283 g/mol. The topological polar surface area (TPSA) is 60.7 Å². The Morgan fingerprint density at radius 3 is 1.14 bits per heavy atom. The van der Waals surface area contributed by atoms with E-state index in [0.29, 0.717) is 0 Å². The quantitative estimate of drug-likeness (QED) is 0.390. The van der Waals surface area contributed by atoms with Gasteiger partial charge < -0.3 is 19.4 Å². The Morgan fingerprint density at radius 2 is 1.14 bits per heavy atom. The van der Waals surface area contributed by atoms with Crippen LogP contribution in [-0.2, 0) is 25.8 Å². The van der Waals surface area contributed by atoms with Crippen LogP contribution in [0, 0.1) is 0 Å². The predicted octanol–water partition coefficient (Wildman–Crippen LogP) is -5.09. The first-order valence-corrected chi connectivity index (χ1v) is 0.775. The summed E-state index contributed by atoms with van der Waals surface area (Å²) in [6.45, 7) is 0. The fraction of sp³-hybridized carbons (Fsp3) is 0. The smallest absolute Gasteiger partial charge is 1.00 e. The molecule has 0 atom stereocenters. The molecule has 0 aromatic heterocycles. The van der Waals surface area contributed by atoms with Gasteiger partial charge in [0, 0.05) is 25.8 Å². The van der Waals surface area contributed by atoms with Gasteiger partial charge in [0.15, 0.2) is 0 Å². The van der Waals surface area contributed by atoms with Crippen molar-refractivity contribution in [3.8, 4) is 0 Å². The fourth-order valence-corrected chi connectivity index (χ4v) is 0. The summed E-state index contributed by atoms with van der Waals surface area (Å²) in [5, 5.41) is 21.5. The van der Waals surface area contributed by atoms with Gasteiger partial charge in [0.05, 0.1) is 0 Å². The molecule has 7 heteroatoms. The van der Waals surface area contributed by atoms with E-state index in [1.165, 1.54) is 0 Å². The molecule has 7 heavy (non-hydrogen) atoms. The molecule has 0 aliphatic rings. The predicted molar refractivity (Wildman–Crippen MR) is 21.5 cm³/mol. The van der Waals surface area contributed by atoms with Gasteiger partial charge in [0.25, 0.3) is 0 Å². The third-order valence-corrected chi connectivity index (χ3v) is 0. The molecule has 0 fully saturated rings. The largest absolute Gasteiger partial charge is 2.00 e. The van der Waals surface area contributed by atoms with Crippen LogP contribution in [-0.4, -0.2) is 67.9 Å². The van der Waals surface area contributed by atoms with Gasteiger partial charge in [0.1, 0.15) is 0 Å². The number of hydrogen-bond acceptors (Lipinski definition) is 3. The third-order valence-electron chi connectivity index (χ3n) is 0. The Morgan fingerprint density at radius 1 is 1.14 bits per heavy atom. The SMILES string of the molecule is OB(O)O.[H-].[H-].[H-].[Rb+].[Sc].[Sr+2]. The van der Waals surface area contributed by atoms with E-state index in [1.807, 2.05) is 0 Å². The summed E-state index contributed by atoms with van der Waals surface area (Å²) in [6.07, 6.45) is 0. The van der Waals surface area contributed by atoms with Crippen LogP contribution in [0.1, 0.15) is 4.28 Å². The van der Waals surface area contributed by atoms with E-state index < -0.39 is 7.32 Å². The van der Waals surface area contributed by atoms with Gasteiger partial charge in [-0.05, 0) is 0 Å². The van der Waals surface area contributed by atoms with E-state index in [9.17, 15) is 0 Å². The van der Waals surface area contributed by atoms with E-state index in [2.05, 4.69) is 0 Å². The van der Waals surface area contributed by atoms with E-state index in [4.69, 9.17) is 15.1 Å². The van der Waals surface area contributed by atoms with Crippen LogP contribution in [0.25, 0.3) is 0 Å². The number of rotatable bonds is 0. The van der Waals surface area contributed by atoms with E-state index >= 15 is 0 Å². The van der Waals surface area contributed by atoms with Crippen molar-refractivity contribution in [1.29, 1.82) is 0 Å². The first-order valence-electron chi connectivity index (χ1n) is 0.775. The zero-order chi connectivity index (χ0) is 3.58. The zero-order valence-corrected chi connectivity index (χ0v) is 14.4. The van der Waals surface area contributed by atoms with Gasteiger partial charge in [0.2, 0.25) is 0 Å². The van der Waals surface area contributed by atoms with Crippen LogP contribution in [0.4, 0.5) is 0 Å². The summed E-state index contributed by atoms with van der Waals surface area (Å²) in [6, 6.07) is 0. The molecule has 33 valence electrons. The molecule has 0 amide bonds. The minimum Gasteiger partial charge on any atom is -1.00 e. The van der Waals surface area contributed by atoms with Crippen LogP contribution in [0.15, 0.2) is 0 Å². The van der Waals surface area contributed by atoms with E-state index in [0.717, 1.165) is 0 Å². The maximum Gasteiger partial charge on any atom is 2.00 e. The fourth-order valence-electron chi connectivity index (χ4n) is 0. The molecule has 0 aromatic rings. The van der Waals surface area contributed by atoms with Crippen LogP contribution >= 0.6 is 0 Å². The molecule has 0 saturated heterocycles. The second-order valence-electron chi connectivity index (χ2n) is 0.346. The van der Waals surface area contributed by atoms with Crippen LogP contribution in [0.3, 0.4) is 0 Å². The molecule has 1 radical (unpaired) electrons. The van der Waals surface area contributed by atoms with Gasteiger partial charge in [-0.3, -0.25) is 0 Å². The van der Waals surface area contributed by atoms with Gasteiger partial charge in [-0.25, -0.2) is 0 Å². The maximum absolute atomic E-state index is 7.17. The first kappa shape index (κ1) is 22.5. The molecule has 0 unspecified atom stereocenters. The summed E-state index contributed by atoms with van der Waals surface area (Å²) in [4.78, 5) is 0.